The van der Waals surface area contributed by atoms with E-state index in [-0.39, 0.29) is 19.1 Å². The van der Waals surface area contributed by atoms with E-state index in [1.807, 2.05) is 38.2 Å². The van der Waals surface area contributed by atoms with Crippen LogP contribution in [0.15, 0.2) is 24.3 Å². The normalized spacial score (nSPS) is 22.2. The number of alkyl halides is 1. The highest BCUT2D eigenvalue weighted by Crippen LogP contribution is 2.21. The molecule has 2 unspecified atom stereocenters. The van der Waals surface area contributed by atoms with Gasteiger partial charge in [0.1, 0.15) is 12.8 Å². The maximum atomic E-state index is 14.2. The summed E-state index contributed by atoms with van der Waals surface area (Å²) in [5.74, 6) is -0.0279. The van der Waals surface area contributed by atoms with Crippen LogP contribution in [-0.4, -0.2) is 43.8 Å². The number of hydrogen-bond acceptors (Lipinski definition) is 3. The van der Waals surface area contributed by atoms with E-state index in [0.29, 0.717) is 13.1 Å². The number of hydrogen-bond donors (Lipinski definition) is 1. The van der Waals surface area contributed by atoms with Gasteiger partial charge in [0.2, 0.25) is 0 Å². The zero-order valence-corrected chi connectivity index (χ0v) is 13.3. The van der Waals surface area contributed by atoms with Crippen LogP contribution in [0.3, 0.4) is 0 Å². The van der Waals surface area contributed by atoms with Crippen LogP contribution in [0.2, 0.25) is 0 Å². The highest BCUT2D eigenvalue weighted by Gasteiger charge is 2.29. The van der Waals surface area contributed by atoms with Crippen LogP contribution in [0.25, 0.3) is 0 Å². The minimum Gasteiger partial charge on any atom is -0.445 e. The highest BCUT2D eigenvalue weighted by molar-refractivity contribution is 5.67. The Morgan fingerprint density at radius 1 is 1.41 bits per heavy atom. The topological polar surface area (TPSA) is 41.6 Å². The summed E-state index contributed by atoms with van der Waals surface area (Å²) < 4.78 is 19.5. The molecule has 0 radical (unpaired) electrons. The monoisotopic (exact) mass is 308 g/mol. The van der Waals surface area contributed by atoms with Gasteiger partial charge in [0.15, 0.2) is 0 Å². The Kier molecular flexibility index (Phi) is 6.19. The Hall–Kier alpha value is -1.62. The fourth-order valence-electron chi connectivity index (χ4n) is 2.75. The van der Waals surface area contributed by atoms with E-state index >= 15 is 0 Å². The Morgan fingerprint density at radius 2 is 2.14 bits per heavy atom. The van der Waals surface area contributed by atoms with Gasteiger partial charge in [-0.1, -0.05) is 29.8 Å². The molecule has 0 bridgehead atoms. The second kappa shape index (κ2) is 8.13. The number of halogens is 1. The van der Waals surface area contributed by atoms with Crippen molar-refractivity contribution in [2.75, 3.05) is 26.7 Å². The van der Waals surface area contributed by atoms with E-state index in [1.165, 1.54) is 10.5 Å². The van der Waals surface area contributed by atoms with Crippen LogP contribution in [0, 0.1) is 12.8 Å². The first-order valence-corrected chi connectivity index (χ1v) is 7.86. The number of carbonyl (C=O) groups is 1. The molecule has 1 amide bonds. The molecule has 0 spiro atoms. The van der Waals surface area contributed by atoms with Gasteiger partial charge in [0.25, 0.3) is 0 Å². The molecule has 1 saturated heterocycles. The van der Waals surface area contributed by atoms with E-state index in [1.54, 1.807) is 0 Å². The predicted molar refractivity (Wildman–Crippen MR) is 84.5 cm³/mol. The molecule has 1 aromatic carbocycles. The third kappa shape index (κ3) is 4.70. The number of nitrogens with zero attached hydrogens (tertiary/aromatic N) is 1. The molecule has 22 heavy (non-hydrogen) atoms. The van der Waals surface area contributed by atoms with Gasteiger partial charge in [-0.3, -0.25) is 0 Å². The molecule has 1 aliphatic heterocycles. The van der Waals surface area contributed by atoms with E-state index in [9.17, 15) is 9.18 Å². The third-order valence-electron chi connectivity index (χ3n) is 4.12. The first kappa shape index (κ1) is 16.7. The van der Waals surface area contributed by atoms with Crippen LogP contribution < -0.4 is 5.32 Å². The van der Waals surface area contributed by atoms with E-state index in [2.05, 4.69) is 5.32 Å². The fraction of sp³-hybridized carbons (Fsp3) is 0.588. The number of amides is 1. The largest absolute Gasteiger partial charge is 0.445 e. The van der Waals surface area contributed by atoms with Crippen LogP contribution in [0.1, 0.15) is 24.0 Å². The lowest BCUT2D eigenvalue weighted by Gasteiger charge is -2.22. The molecule has 0 saturated carbocycles. The summed E-state index contributed by atoms with van der Waals surface area (Å²) in [5.41, 5.74) is 2.11. The first-order chi connectivity index (χ1) is 10.6. The molecule has 0 aliphatic carbocycles. The lowest BCUT2D eigenvalue weighted by molar-refractivity contribution is 0.0857. The van der Waals surface area contributed by atoms with Crippen LogP contribution in [0.5, 0.6) is 0 Å². The Morgan fingerprint density at radius 3 is 2.82 bits per heavy atom. The van der Waals surface area contributed by atoms with Crippen LogP contribution in [-0.2, 0) is 11.3 Å². The minimum atomic E-state index is -0.998. The van der Waals surface area contributed by atoms with Crippen molar-refractivity contribution in [3.05, 3.63) is 35.4 Å². The molecule has 0 aromatic heterocycles. The average Bonchev–Trinajstić information content (AvgIpc) is 2.69. The summed E-state index contributed by atoms with van der Waals surface area (Å²) in [6.07, 6.45) is 0.186. The Bertz CT molecular complexity index is 478. The first-order valence-electron chi connectivity index (χ1n) is 7.86. The standard InChI is InChI=1S/C17H25FN2O2/c1-13-5-7-14(8-6-13)12-22-17(21)20-9-3-4-15(10-19-2)16(18)11-20/h5-8,15-16,19H,3-4,9-12H2,1-2H3. The molecule has 1 aromatic rings. The van der Waals surface area contributed by atoms with Gasteiger partial charge < -0.3 is 15.0 Å². The molecule has 1 N–H and O–H groups in total. The number of nitrogens with one attached hydrogen (secondary N) is 1. The van der Waals surface area contributed by atoms with Crippen molar-refractivity contribution in [2.24, 2.45) is 5.92 Å². The maximum absolute atomic E-state index is 14.2. The smallest absolute Gasteiger partial charge is 0.410 e. The number of likely N-dealkylation sites (tertiary alicyclic amines) is 1. The van der Waals surface area contributed by atoms with Crippen molar-refractivity contribution >= 4 is 6.09 Å². The molecule has 1 aliphatic rings. The Balaban J connectivity index is 1.85. The predicted octanol–water partition coefficient (Wildman–Crippen LogP) is 2.90. The number of benzene rings is 1. The lowest BCUT2D eigenvalue weighted by Crippen LogP contribution is -2.38. The molecule has 4 nitrogen and oxygen atoms in total. The molecule has 5 heteroatoms. The molecule has 2 atom stereocenters. The van der Waals surface area contributed by atoms with Gasteiger partial charge in [-0.2, -0.15) is 0 Å². The van der Waals surface area contributed by atoms with Gasteiger partial charge in [-0.15, -0.1) is 0 Å². The molecule has 2 rings (SSSR count). The third-order valence-corrected chi connectivity index (χ3v) is 4.12. The molecular weight excluding hydrogens is 283 g/mol. The Labute approximate surface area is 131 Å². The van der Waals surface area contributed by atoms with E-state index in [4.69, 9.17) is 4.74 Å². The molecule has 1 heterocycles. The van der Waals surface area contributed by atoms with Crippen LogP contribution in [0.4, 0.5) is 9.18 Å². The highest BCUT2D eigenvalue weighted by atomic mass is 19.1. The van der Waals surface area contributed by atoms with Crippen LogP contribution >= 0.6 is 0 Å². The summed E-state index contributed by atoms with van der Waals surface area (Å²) in [7, 11) is 1.82. The van der Waals surface area contributed by atoms with Gasteiger partial charge in [-0.05, 0) is 32.4 Å². The van der Waals surface area contributed by atoms with Crippen molar-refractivity contribution in [3.63, 3.8) is 0 Å². The molecular formula is C17H25FN2O2. The summed E-state index contributed by atoms with van der Waals surface area (Å²) in [4.78, 5) is 13.6. The van der Waals surface area contributed by atoms with Crippen molar-refractivity contribution in [2.45, 2.75) is 32.5 Å². The minimum absolute atomic E-state index is 0.0279. The second-order valence-corrected chi connectivity index (χ2v) is 5.96. The maximum Gasteiger partial charge on any atom is 0.410 e. The SMILES string of the molecule is CNCC1CCCN(C(=O)OCc2ccc(C)cc2)CC1F. The van der Waals surface area contributed by atoms with E-state index < -0.39 is 12.3 Å². The number of aryl methyl sites for hydroxylation is 1. The van der Waals surface area contributed by atoms with E-state index in [0.717, 1.165) is 18.4 Å². The summed E-state index contributed by atoms with van der Waals surface area (Å²) >= 11 is 0. The van der Waals surface area contributed by atoms with Crippen molar-refractivity contribution in [3.8, 4) is 0 Å². The van der Waals surface area contributed by atoms with Gasteiger partial charge in [0, 0.05) is 19.0 Å². The van der Waals surface area contributed by atoms with Gasteiger partial charge in [-0.25, -0.2) is 9.18 Å². The fourth-order valence-corrected chi connectivity index (χ4v) is 2.75. The zero-order valence-electron chi connectivity index (χ0n) is 13.3. The average molecular weight is 308 g/mol. The summed E-state index contributed by atoms with van der Waals surface area (Å²) in [5, 5.41) is 3.02. The number of rotatable bonds is 4. The van der Waals surface area contributed by atoms with Crippen molar-refractivity contribution in [1.82, 2.24) is 10.2 Å². The van der Waals surface area contributed by atoms with Gasteiger partial charge >= 0.3 is 6.09 Å². The summed E-state index contributed by atoms with van der Waals surface area (Å²) in [6, 6.07) is 7.84. The summed E-state index contributed by atoms with van der Waals surface area (Å²) in [6.45, 7) is 3.57. The molecule has 122 valence electrons. The van der Waals surface area contributed by atoms with Crippen molar-refractivity contribution < 1.29 is 13.9 Å². The molecule has 1 fully saturated rings. The number of ether oxygens (including phenoxy) is 1. The lowest BCUT2D eigenvalue weighted by atomic mass is 9.99. The zero-order chi connectivity index (χ0) is 15.9. The second-order valence-electron chi connectivity index (χ2n) is 5.96. The van der Waals surface area contributed by atoms with Crippen molar-refractivity contribution in [1.29, 1.82) is 0 Å². The number of carbonyl (C=O) groups excluding carboxylic acids is 1. The van der Waals surface area contributed by atoms with Gasteiger partial charge in [0.05, 0.1) is 6.54 Å². The quantitative estimate of drug-likeness (QED) is 0.930.